The Labute approximate surface area is 201 Å². The largest absolute Gasteiger partial charge is 0.403 e. The maximum Gasteiger partial charge on any atom is 0.229 e. The van der Waals surface area contributed by atoms with Crippen LogP contribution in [-0.2, 0) is 20.9 Å². The molecule has 1 fully saturated rings. The molecule has 8 heteroatoms. The zero-order valence-corrected chi connectivity index (χ0v) is 20.2. The predicted octanol–water partition coefficient (Wildman–Crippen LogP) is 3.14. The average molecular weight is 464 g/mol. The number of benzene rings is 2. The van der Waals surface area contributed by atoms with Crippen molar-refractivity contribution in [3.63, 3.8) is 0 Å². The lowest BCUT2D eigenvalue weighted by molar-refractivity contribution is -0.146. The molecule has 0 spiro atoms. The van der Waals surface area contributed by atoms with E-state index in [0.717, 1.165) is 16.9 Å². The molecule has 2 aromatic rings. The molecule has 0 radical (unpaired) electrons. The lowest BCUT2D eigenvalue weighted by Gasteiger charge is -2.39. The van der Waals surface area contributed by atoms with Crippen molar-refractivity contribution in [1.82, 2.24) is 9.80 Å². The number of nitrogens with zero attached hydrogens (tertiary/aromatic N) is 3. The molecule has 8 nitrogen and oxygen atoms in total. The highest BCUT2D eigenvalue weighted by Gasteiger charge is 2.35. The first kappa shape index (κ1) is 25.0. The van der Waals surface area contributed by atoms with Crippen LogP contribution in [0.25, 0.3) is 0 Å². The number of anilines is 1. The smallest absolute Gasteiger partial charge is 0.229 e. The van der Waals surface area contributed by atoms with Crippen LogP contribution < -0.4 is 11.1 Å². The number of nitrogens with one attached hydrogen (secondary N) is 1. The van der Waals surface area contributed by atoms with Gasteiger partial charge in [0.2, 0.25) is 11.8 Å². The van der Waals surface area contributed by atoms with Gasteiger partial charge in [-0.05, 0) is 36.8 Å². The number of ether oxygens (including phenoxy) is 1. The van der Waals surface area contributed by atoms with Gasteiger partial charge in [0.15, 0.2) is 0 Å². The Bertz CT molecular complexity index is 1040. The number of hydrogen-bond acceptors (Lipinski definition) is 6. The molecule has 0 unspecified atom stereocenters. The van der Waals surface area contributed by atoms with Crippen LogP contribution in [0.15, 0.2) is 71.5 Å². The maximum absolute atomic E-state index is 12.6. The lowest BCUT2D eigenvalue weighted by atomic mass is 9.98. The van der Waals surface area contributed by atoms with Crippen LogP contribution in [-0.4, -0.2) is 60.7 Å². The number of rotatable bonds is 9. The first-order valence-electron chi connectivity index (χ1n) is 11.3. The monoisotopic (exact) mass is 463 g/mol. The number of aliphatic imine (C=N–C) groups is 1. The van der Waals surface area contributed by atoms with Gasteiger partial charge in [0.1, 0.15) is 0 Å². The SMILES string of the molecule is CO[C@@H](C)C(=Nc1ccccc1)/C(=C\N)Nc1ccc(CN(C)C(=O)C2CN(C(C)=O)C2)cc1. The van der Waals surface area contributed by atoms with Gasteiger partial charge in [0, 0.05) is 52.6 Å². The average Bonchev–Trinajstić information content (AvgIpc) is 2.81. The molecule has 3 N–H and O–H groups in total. The molecule has 180 valence electrons. The normalized spacial score (nSPS) is 15.5. The predicted molar refractivity (Wildman–Crippen MR) is 135 cm³/mol. The summed E-state index contributed by atoms with van der Waals surface area (Å²) < 4.78 is 5.52. The molecule has 2 aromatic carbocycles. The number of amides is 2. The van der Waals surface area contributed by atoms with Crippen molar-refractivity contribution in [2.45, 2.75) is 26.5 Å². The minimum Gasteiger partial charge on any atom is -0.403 e. The van der Waals surface area contributed by atoms with Crippen molar-refractivity contribution in [2.75, 3.05) is 32.6 Å². The summed E-state index contributed by atoms with van der Waals surface area (Å²) in [5.74, 6) is -0.0434. The van der Waals surface area contributed by atoms with Gasteiger partial charge in [-0.3, -0.25) is 9.59 Å². The van der Waals surface area contributed by atoms with Gasteiger partial charge >= 0.3 is 0 Å². The molecule has 1 aliphatic heterocycles. The number of nitrogens with two attached hydrogens (primary N) is 1. The Balaban J connectivity index is 1.64. The molecule has 2 amide bonds. The Hall–Kier alpha value is -3.65. The van der Waals surface area contributed by atoms with Crippen LogP contribution in [0, 0.1) is 5.92 Å². The standard InChI is InChI=1S/C26H33N5O3/c1-18(34-4)25(29-22-8-6-5-7-9-22)24(14-27)28-23-12-10-20(11-13-23)15-30(3)26(33)21-16-31(17-21)19(2)32/h5-14,18,21,28H,15-17,27H2,1-4H3/b24-14+,29-25?/t18-/m0/s1. The number of carbonyl (C=O) groups excluding carboxylic acids is 2. The maximum atomic E-state index is 12.6. The quantitative estimate of drug-likeness (QED) is 0.557. The molecule has 1 heterocycles. The summed E-state index contributed by atoms with van der Waals surface area (Å²) in [6, 6.07) is 17.5. The zero-order valence-electron chi connectivity index (χ0n) is 20.2. The van der Waals surface area contributed by atoms with Gasteiger partial charge in [0.25, 0.3) is 0 Å². The molecule has 1 aliphatic rings. The number of hydrogen-bond donors (Lipinski definition) is 2. The van der Waals surface area contributed by atoms with E-state index in [4.69, 9.17) is 15.5 Å². The fourth-order valence-electron chi connectivity index (χ4n) is 3.72. The molecule has 3 rings (SSSR count). The highest BCUT2D eigenvalue weighted by molar-refractivity contribution is 6.06. The summed E-state index contributed by atoms with van der Waals surface area (Å²) in [7, 11) is 3.42. The third-order valence-corrected chi connectivity index (χ3v) is 5.89. The zero-order chi connectivity index (χ0) is 24.7. The van der Waals surface area contributed by atoms with E-state index in [9.17, 15) is 9.59 Å². The van der Waals surface area contributed by atoms with Crippen molar-refractivity contribution in [2.24, 2.45) is 16.6 Å². The van der Waals surface area contributed by atoms with Crippen molar-refractivity contribution >= 4 is 28.9 Å². The van der Waals surface area contributed by atoms with Gasteiger partial charge in [-0.25, -0.2) is 4.99 Å². The molecule has 0 aliphatic carbocycles. The lowest BCUT2D eigenvalue weighted by Crippen LogP contribution is -2.55. The molecule has 1 atom stereocenters. The third kappa shape index (κ3) is 6.23. The molecule has 0 aromatic heterocycles. The first-order valence-corrected chi connectivity index (χ1v) is 11.3. The van der Waals surface area contributed by atoms with Crippen LogP contribution in [0.5, 0.6) is 0 Å². The van der Waals surface area contributed by atoms with E-state index in [0.29, 0.717) is 31.0 Å². The minimum atomic E-state index is -0.271. The van der Waals surface area contributed by atoms with E-state index in [1.807, 2.05) is 61.5 Å². The highest BCUT2D eigenvalue weighted by Crippen LogP contribution is 2.21. The van der Waals surface area contributed by atoms with Crippen LogP contribution in [0.2, 0.25) is 0 Å². The van der Waals surface area contributed by atoms with E-state index in [2.05, 4.69) is 5.32 Å². The van der Waals surface area contributed by atoms with Gasteiger partial charge in [-0.15, -0.1) is 0 Å². The molecular weight excluding hydrogens is 430 g/mol. The third-order valence-electron chi connectivity index (χ3n) is 5.89. The van der Waals surface area contributed by atoms with Gasteiger partial charge in [0.05, 0.1) is 29.1 Å². The van der Waals surface area contributed by atoms with Crippen molar-refractivity contribution in [1.29, 1.82) is 0 Å². The number of methoxy groups -OCH3 is 1. The summed E-state index contributed by atoms with van der Waals surface area (Å²) in [6.45, 7) is 4.94. The van der Waals surface area contributed by atoms with Crippen molar-refractivity contribution in [3.05, 3.63) is 72.1 Å². The minimum absolute atomic E-state index is 0.0116. The van der Waals surface area contributed by atoms with Crippen LogP contribution in [0.3, 0.4) is 0 Å². The summed E-state index contributed by atoms with van der Waals surface area (Å²) in [5.41, 5.74) is 9.94. The van der Waals surface area contributed by atoms with Gasteiger partial charge in [-0.1, -0.05) is 30.3 Å². The number of carbonyl (C=O) groups is 2. The second-order valence-electron chi connectivity index (χ2n) is 8.43. The van der Waals surface area contributed by atoms with Crippen molar-refractivity contribution < 1.29 is 14.3 Å². The molecule has 0 bridgehead atoms. The highest BCUT2D eigenvalue weighted by atomic mass is 16.5. The van der Waals surface area contributed by atoms with E-state index in [1.54, 1.807) is 24.0 Å². The van der Waals surface area contributed by atoms with Crippen LogP contribution >= 0.6 is 0 Å². The molecular formula is C26H33N5O3. The van der Waals surface area contributed by atoms with E-state index in [-0.39, 0.29) is 23.8 Å². The van der Waals surface area contributed by atoms with E-state index >= 15 is 0 Å². The Morgan fingerprint density at radius 2 is 1.85 bits per heavy atom. The number of para-hydroxylation sites is 1. The topological polar surface area (TPSA) is 100 Å². The van der Waals surface area contributed by atoms with Crippen LogP contribution in [0.4, 0.5) is 11.4 Å². The summed E-state index contributed by atoms with van der Waals surface area (Å²) in [6.07, 6.45) is 1.22. The van der Waals surface area contributed by atoms with E-state index in [1.165, 1.54) is 13.1 Å². The second-order valence-corrected chi connectivity index (χ2v) is 8.43. The Morgan fingerprint density at radius 3 is 2.41 bits per heavy atom. The fraction of sp³-hybridized carbons (Fsp3) is 0.346. The van der Waals surface area contributed by atoms with Gasteiger partial charge < -0.3 is 25.6 Å². The molecule has 1 saturated heterocycles. The summed E-state index contributed by atoms with van der Waals surface area (Å²) >= 11 is 0. The van der Waals surface area contributed by atoms with Gasteiger partial charge in [-0.2, -0.15) is 0 Å². The molecule has 34 heavy (non-hydrogen) atoms. The Morgan fingerprint density at radius 1 is 1.21 bits per heavy atom. The Kier molecular flexibility index (Phi) is 8.43. The summed E-state index contributed by atoms with van der Waals surface area (Å²) in [5, 5.41) is 3.33. The first-order chi connectivity index (χ1) is 16.3. The van der Waals surface area contributed by atoms with Crippen LogP contribution in [0.1, 0.15) is 19.4 Å². The fourth-order valence-corrected chi connectivity index (χ4v) is 3.72. The van der Waals surface area contributed by atoms with Crippen molar-refractivity contribution in [3.8, 4) is 0 Å². The number of likely N-dealkylation sites (tertiary alicyclic amines) is 1. The van der Waals surface area contributed by atoms with E-state index < -0.39 is 0 Å². The molecule has 0 saturated carbocycles. The summed E-state index contributed by atoms with van der Waals surface area (Å²) in [4.78, 5) is 32.1. The second kappa shape index (κ2) is 11.5.